The molecular formula is C14H17N3O3. The largest absolute Gasteiger partial charge is 0.496 e. The highest BCUT2D eigenvalue weighted by Gasteiger charge is 2.09. The Labute approximate surface area is 117 Å². The molecule has 106 valence electrons. The standard InChI is InChI=1S/C14H17N3O3/c1-10-16-14(20-17-10)9-13(18)15-8-7-11-5-3-4-6-12(11)19-2/h3-6H,7-9H2,1-2H3,(H,15,18). The van der Waals surface area contributed by atoms with Crippen LogP contribution in [0.15, 0.2) is 28.8 Å². The third kappa shape index (κ3) is 3.81. The SMILES string of the molecule is COc1ccccc1CCNC(=O)Cc1nc(C)no1. The molecule has 20 heavy (non-hydrogen) atoms. The average molecular weight is 275 g/mol. The van der Waals surface area contributed by atoms with E-state index in [1.54, 1.807) is 14.0 Å². The third-order valence-electron chi connectivity index (χ3n) is 2.79. The van der Waals surface area contributed by atoms with E-state index in [4.69, 9.17) is 9.26 Å². The molecular weight excluding hydrogens is 258 g/mol. The Bertz CT molecular complexity index is 581. The summed E-state index contributed by atoms with van der Waals surface area (Å²) >= 11 is 0. The summed E-state index contributed by atoms with van der Waals surface area (Å²) in [5, 5.41) is 6.46. The minimum Gasteiger partial charge on any atom is -0.496 e. The van der Waals surface area contributed by atoms with Gasteiger partial charge in [-0.05, 0) is 25.0 Å². The Morgan fingerprint density at radius 1 is 1.40 bits per heavy atom. The fraction of sp³-hybridized carbons (Fsp3) is 0.357. The molecule has 1 heterocycles. The summed E-state index contributed by atoms with van der Waals surface area (Å²) in [6.07, 6.45) is 0.811. The number of benzene rings is 1. The van der Waals surface area contributed by atoms with Gasteiger partial charge in [0.05, 0.1) is 7.11 Å². The zero-order valence-corrected chi connectivity index (χ0v) is 11.5. The Hall–Kier alpha value is -2.37. The first kappa shape index (κ1) is 14.0. The van der Waals surface area contributed by atoms with Gasteiger partial charge in [-0.3, -0.25) is 4.79 Å². The maximum atomic E-state index is 11.7. The lowest BCUT2D eigenvalue weighted by atomic mass is 10.1. The van der Waals surface area contributed by atoms with Crippen molar-refractivity contribution >= 4 is 5.91 Å². The van der Waals surface area contributed by atoms with E-state index < -0.39 is 0 Å². The molecule has 0 unspecified atom stereocenters. The fourth-order valence-corrected chi connectivity index (χ4v) is 1.86. The maximum absolute atomic E-state index is 11.7. The van der Waals surface area contributed by atoms with Crippen LogP contribution in [0.4, 0.5) is 0 Å². The first-order valence-electron chi connectivity index (χ1n) is 6.37. The van der Waals surface area contributed by atoms with E-state index in [0.29, 0.717) is 24.7 Å². The summed E-state index contributed by atoms with van der Waals surface area (Å²) in [6.45, 7) is 2.25. The average Bonchev–Trinajstić information content (AvgIpc) is 2.84. The molecule has 1 aromatic carbocycles. The van der Waals surface area contributed by atoms with Crippen molar-refractivity contribution in [3.8, 4) is 5.75 Å². The quantitative estimate of drug-likeness (QED) is 0.859. The maximum Gasteiger partial charge on any atom is 0.236 e. The van der Waals surface area contributed by atoms with Crippen LogP contribution in [-0.2, 0) is 17.6 Å². The summed E-state index contributed by atoms with van der Waals surface area (Å²) in [6, 6.07) is 7.74. The number of methoxy groups -OCH3 is 1. The molecule has 1 N–H and O–H groups in total. The Morgan fingerprint density at radius 2 is 2.20 bits per heavy atom. The number of carbonyl (C=O) groups excluding carboxylic acids is 1. The molecule has 6 nitrogen and oxygen atoms in total. The van der Waals surface area contributed by atoms with Crippen LogP contribution in [0.3, 0.4) is 0 Å². The van der Waals surface area contributed by atoms with Gasteiger partial charge in [-0.2, -0.15) is 4.98 Å². The van der Waals surface area contributed by atoms with Crippen molar-refractivity contribution in [2.24, 2.45) is 0 Å². The molecule has 0 bridgehead atoms. The number of ether oxygens (including phenoxy) is 1. The van der Waals surface area contributed by atoms with Gasteiger partial charge in [-0.25, -0.2) is 0 Å². The molecule has 6 heteroatoms. The lowest BCUT2D eigenvalue weighted by Crippen LogP contribution is -2.27. The van der Waals surface area contributed by atoms with Crippen LogP contribution in [0.5, 0.6) is 5.75 Å². The van der Waals surface area contributed by atoms with Crippen molar-refractivity contribution in [1.29, 1.82) is 0 Å². The number of aromatic nitrogens is 2. The summed E-state index contributed by atoms with van der Waals surface area (Å²) in [5.41, 5.74) is 1.06. The summed E-state index contributed by atoms with van der Waals surface area (Å²) in [4.78, 5) is 15.7. The lowest BCUT2D eigenvalue weighted by Gasteiger charge is -2.08. The number of hydrogen-bond donors (Lipinski definition) is 1. The van der Waals surface area contributed by atoms with Crippen LogP contribution in [-0.4, -0.2) is 29.7 Å². The highest BCUT2D eigenvalue weighted by molar-refractivity contribution is 5.77. The van der Waals surface area contributed by atoms with Gasteiger partial charge in [0.15, 0.2) is 5.82 Å². The third-order valence-corrected chi connectivity index (χ3v) is 2.79. The van der Waals surface area contributed by atoms with Crippen molar-refractivity contribution < 1.29 is 14.1 Å². The number of nitrogens with zero attached hydrogens (tertiary/aromatic N) is 2. The Balaban J connectivity index is 1.79. The minimum atomic E-state index is -0.136. The van der Waals surface area contributed by atoms with Crippen LogP contribution in [0.1, 0.15) is 17.3 Å². The van der Waals surface area contributed by atoms with Gasteiger partial charge in [0.1, 0.15) is 12.2 Å². The van der Waals surface area contributed by atoms with Crippen LogP contribution >= 0.6 is 0 Å². The van der Waals surface area contributed by atoms with Crippen molar-refractivity contribution in [2.75, 3.05) is 13.7 Å². The minimum absolute atomic E-state index is 0.104. The zero-order valence-electron chi connectivity index (χ0n) is 11.5. The van der Waals surface area contributed by atoms with E-state index >= 15 is 0 Å². The normalized spacial score (nSPS) is 10.3. The smallest absolute Gasteiger partial charge is 0.236 e. The number of amides is 1. The van der Waals surface area contributed by atoms with E-state index in [0.717, 1.165) is 11.3 Å². The molecule has 0 radical (unpaired) electrons. The topological polar surface area (TPSA) is 77.2 Å². The first-order chi connectivity index (χ1) is 9.69. The molecule has 0 saturated heterocycles. The molecule has 0 aliphatic heterocycles. The fourth-order valence-electron chi connectivity index (χ4n) is 1.86. The molecule has 2 aromatic rings. The van der Waals surface area contributed by atoms with Crippen LogP contribution in [0.25, 0.3) is 0 Å². The van der Waals surface area contributed by atoms with Crippen LogP contribution in [0.2, 0.25) is 0 Å². The molecule has 0 saturated carbocycles. The molecule has 1 amide bonds. The lowest BCUT2D eigenvalue weighted by molar-refractivity contribution is -0.120. The highest BCUT2D eigenvalue weighted by atomic mass is 16.5. The summed E-state index contributed by atoms with van der Waals surface area (Å²) < 4.78 is 10.1. The number of rotatable bonds is 6. The Morgan fingerprint density at radius 3 is 2.90 bits per heavy atom. The van der Waals surface area contributed by atoms with Crippen LogP contribution in [0, 0.1) is 6.92 Å². The van der Waals surface area contributed by atoms with Crippen LogP contribution < -0.4 is 10.1 Å². The monoisotopic (exact) mass is 275 g/mol. The van der Waals surface area contributed by atoms with Gasteiger partial charge in [0, 0.05) is 6.54 Å². The Kier molecular flexibility index (Phi) is 4.70. The van der Waals surface area contributed by atoms with E-state index in [1.807, 2.05) is 24.3 Å². The first-order valence-corrected chi connectivity index (χ1v) is 6.37. The second kappa shape index (κ2) is 6.70. The van der Waals surface area contributed by atoms with Gasteiger partial charge in [-0.1, -0.05) is 23.4 Å². The zero-order chi connectivity index (χ0) is 14.4. The van der Waals surface area contributed by atoms with Crippen molar-refractivity contribution in [3.63, 3.8) is 0 Å². The van der Waals surface area contributed by atoms with E-state index in [2.05, 4.69) is 15.5 Å². The van der Waals surface area contributed by atoms with E-state index in [1.165, 1.54) is 0 Å². The van der Waals surface area contributed by atoms with Gasteiger partial charge in [0.2, 0.25) is 11.8 Å². The predicted molar refractivity (Wildman–Crippen MR) is 72.4 cm³/mol. The molecule has 0 fully saturated rings. The second-order valence-corrected chi connectivity index (χ2v) is 4.32. The molecule has 0 aliphatic rings. The van der Waals surface area contributed by atoms with Crippen molar-refractivity contribution in [1.82, 2.24) is 15.5 Å². The number of para-hydroxylation sites is 1. The van der Waals surface area contributed by atoms with Crippen molar-refractivity contribution in [3.05, 3.63) is 41.5 Å². The predicted octanol–water partition coefficient (Wildman–Crippen LogP) is 1.29. The van der Waals surface area contributed by atoms with Gasteiger partial charge in [-0.15, -0.1) is 0 Å². The molecule has 0 atom stereocenters. The summed E-state index contributed by atoms with van der Waals surface area (Å²) in [7, 11) is 1.63. The number of hydrogen-bond acceptors (Lipinski definition) is 5. The van der Waals surface area contributed by atoms with Gasteiger partial charge in [0.25, 0.3) is 0 Å². The molecule has 0 aliphatic carbocycles. The van der Waals surface area contributed by atoms with Crippen molar-refractivity contribution in [2.45, 2.75) is 19.8 Å². The van der Waals surface area contributed by atoms with E-state index in [9.17, 15) is 4.79 Å². The number of carbonyl (C=O) groups is 1. The van der Waals surface area contributed by atoms with E-state index in [-0.39, 0.29) is 12.3 Å². The molecule has 1 aromatic heterocycles. The highest BCUT2D eigenvalue weighted by Crippen LogP contribution is 2.17. The summed E-state index contributed by atoms with van der Waals surface area (Å²) in [5.74, 6) is 1.55. The second-order valence-electron chi connectivity index (χ2n) is 4.32. The van der Waals surface area contributed by atoms with Gasteiger partial charge < -0.3 is 14.6 Å². The molecule has 0 spiro atoms. The van der Waals surface area contributed by atoms with Gasteiger partial charge >= 0.3 is 0 Å². The number of nitrogens with one attached hydrogen (secondary N) is 1. The molecule has 2 rings (SSSR count). The number of aryl methyl sites for hydroxylation is 1.